The molecule has 0 saturated carbocycles. The summed E-state index contributed by atoms with van der Waals surface area (Å²) in [4.78, 5) is 0. The SMILES string of the molecule is CCC(C)CC(C)(O)CC1CCCCN1. The summed E-state index contributed by atoms with van der Waals surface area (Å²) < 4.78 is 0. The minimum absolute atomic E-state index is 0.482. The smallest absolute Gasteiger partial charge is 0.0637 e. The summed E-state index contributed by atoms with van der Waals surface area (Å²) in [5.74, 6) is 0.628. The molecule has 1 saturated heterocycles. The standard InChI is InChI=1S/C13H27NO/c1-4-11(2)9-13(3,15)10-12-7-5-6-8-14-12/h11-12,14-15H,4-10H2,1-3H3. The fraction of sp³-hybridized carbons (Fsp3) is 1.00. The van der Waals surface area contributed by atoms with Crippen LogP contribution in [0, 0.1) is 5.92 Å². The van der Waals surface area contributed by atoms with Crippen LogP contribution in [-0.2, 0) is 0 Å². The number of rotatable bonds is 5. The van der Waals surface area contributed by atoms with Gasteiger partial charge in [0.05, 0.1) is 5.60 Å². The van der Waals surface area contributed by atoms with Crippen molar-refractivity contribution in [3.05, 3.63) is 0 Å². The lowest BCUT2D eigenvalue weighted by Crippen LogP contribution is -2.41. The summed E-state index contributed by atoms with van der Waals surface area (Å²) in [6.45, 7) is 7.54. The number of aliphatic hydroxyl groups is 1. The van der Waals surface area contributed by atoms with E-state index in [4.69, 9.17) is 0 Å². The summed E-state index contributed by atoms with van der Waals surface area (Å²) in [7, 11) is 0. The molecule has 0 radical (unpaired) electrons. The predicted octanol–water partition coefficient (Wildman–Crippen LogP) is 2.71. The molecule has 0 aliphatic carbocycles. The molecule has 0 amide bonds. The first-order valence-electron chi connectivity index (χ1n) is 6.49. The van der Waals surface area contributed by atoms with Gasteiger partial charge in [-0.1, -0.05) is 26.7 Å². The van der Waals surface area contributed by atoms with Crippen molar-refractivity contribution in [2.45, 2.75) is 70.9 Å². The molecular formula is C13H27NO. The third-order valence-corrected chi connectivity index (χ3v) is 3.58. The van der Waals surface area contributed by atoms with Crippen LogP contribution in [0.3, 0.4) is 0 Å². The van der Waals surface area contributed by atoms with E-state index in [2.05, 4.69) is 19.2 Å². The maximum absolute atomic E-state index is 10.3. The van der Waals surface area contributed by atoms with Gasteiger partial charge in [-0.05, 0) is 45.1 Å². The maximum atomic E-state index is 10.3. The molecule has 0 bridgehead atoms. The van der Waals surface area contributed by atoms with Crippen LogP contribution in [0.15, 0.2) is 0 Å². The average molecular weight is 213 g/mol. The molecule has 0 spiro atoms. The van der Waals surface area contributed by atoms with Crippen LogP contribution in [-0.4, -0.2) is 23.3 Å². The van der Waals surface area contributed by atoms with Crippen LogP contribution in [0.1, 0.15) is 59.3 Å². The van der Waals surface area contributed by atoms with Gasteiger partial charge in [0.2, 0.25) is 0 Å². The lowest BCUT2D eigenvalue weighted by molar-refractivity contribution is 0.0149. The van der Waals surface area contributed by atoms with Gasteiger partial charge in [-0.15, -0.1) is 0 Å². The van der Waals surface area contributed by atoms with E-state index >= 15 is 0 Å². The average Bonchev–Trinajstić information content (AvgIpc) is 2.17. The Morgan fingerprint density at radius 3 is 2.73 bits per heavy atom. The van der Waals surface area contributed by atoms with Crippen LogP contribution >= 0.6 is 0 Å². The zero-order valence-electron chi connectivity index (χ0n) is 10.6. The van der Waals surface area contributed by atoms with E-state index in [1.54, 1.807) is 0 Å². The highest BCUT2D eigenvalue weighted by atomic mass is 16.3. The maximum Gasteiger partial charge on any atom is 0.0637 e. The Hall–Kier alpha value is -0.0800. The number of hydrogen-bond acceptors (Lipinski definition) is 2. The Kier molecular flexibility index (Phi) is 5.07. The molecule has 90 valence electrons. The lowest BCUT2D eigenvalue weighted by atomic mass is 9.84. The Bertz CT molecular complexity index is 173. The quantitative estimate of drug-likeness (QED) is 0.736. The van der Waals surface area contributed by atoms with Crippen molar-refractivity contribution in [3.8, 4) is 0 Å². The van der Waals surface area contributed by atoms with Gasteiger partial charge in [-0.3, -0.25) is 0 Å². The Morgan fingerprint density at radius 1 is 1.47 bits per heavy atom. The Morgan fingerprint density at radius 2 is 2.20 bits per heavy atom. The van der Waals surface area contributed by atoms with E-state index in [0.717, 1.165) is 25.8 Å². The van der Waals surface area contributed by atoms with Crippen molar-refractivity contribution < 1.29 is 5.11 Å². The molecule has 3 unspecified atom stereocenters. The van der Waals surface area contributed by atoms with Gasteiger partial charge >= 0.3 is 0 Å². The predicted molar refractivity (Wildman–Crippen MR) is 65.0 cm³/mol. The number of piperidine rings is 1. The van der Waals surface area contributed by atoms with E-state index in [-0.39, 0.29) is 0 Å². The van der Waals surface area contributed by atoms with Gasteiger partial charge in [0.25, 0.3) is 0 Å². The van der Waals surface area contributed by atoms with Gasteiger partial charge in [0, 0.05) is 6.04 Å². The normalized spacial score (nSPS) is 28.4. The van der Waals surface area contributed by atoms with E-state index in [0.29, 0.717) is 12.0 Å². The highest BCUT2D eigenvalue weighted by Crippen LogP contribution is 2.25. The molecule has 1 fully saturated rings. The molecule has 0 aromatic rings. The van der Waals surface area contributed by atoms with E-state index in [9.17, 15) is 5.11 Å². The van der Waals surface area contributed by atoms with Gasteiger partial charge in [-0.25, -0.2) is 0 Å². The summed E-state index contributed by atoms with van der Waals surface area (Å²) >= 11 is 0. The second kappa shape index (κ2) is 5.86. The first-order valence-corrected chi connectivity index (χ1v) is 6.49. The van der Waals surface area contributed by atoms with Gasteiger partial charge < -0.3 is 10.4 Å². The third-order valence-electron chi connectivity index (χ3n) is 3.58. The van der Waals surface area contributed by atoms with Gasteiger partial charge in [0.1, 0.15) is 0 Å². The molecule has 0 aromatic heterocycles. The molecule has 2 heteroatoms. The van der Waals surface area contributed by atoms with Crippen molar-refractivity contribution in [1.29, 1.82) is 0 Å². The first kappa shape index (κ1) is 13.0. The van der Waals surface area contributed by atoms with Crippen LogP contribution in [0.5, 0.6) is 0 Å². The Labute approximate surface area is 94.5 Å². The summed E-state index contributed by atoms with van der Waals surface area (Å²) in [6.07, 6.45) is 6.85. The monoisotopic (exact) mass is 213 g/mol. The molecule has 2 N–H and O–H groups in total. The molecule has 1 heterocycles. The molecule has 0 aromatic carbocycles. The number of hydrogen-bond donors (Lipinski definition) is 2. The Balaban J connectivity index is 2.33. The largest absolute Gasteiger partial charge is 0.390 e. The second-order valence-corrected chi connectivity index (χ2v) is 5.57. The second-order valence-electron chi connectivity index (χ2n) is 5.57. The number of nitrogens with one attached hydrogen (secondary N) is 1. The topological polar surface area (TPSA) is 32.3 Å². The summed E-state index contributed by atoms with van der Waals surface area (Å²) in [5, 5.41) is 13.8. The van der Waals surface area contributed by atoms with E-state index in [1.165, 1.54) is 19.3 Å². The van der Waals surface area contributed by atoms with Crippen molar-refractivity contribution >= 4 is 0 Å². The summed E-state index contributed by atoms with van der Waals surface area (Å²) in [5.41, 5.74) is -0.482. The molecule has 2 nitrogen and oxygen atoms in total. The van der Waals surface area contributed by atoms with E-state index < -0.39 is 5.60 Å². The van der Waals surface area contributed by atoms with Crippen LogP contribution < -0.4 is 5.32 Å². The zero-order valence-corrected chi connectivity index (χ0v) is 10.6. The molecular weight excluding hydrogens is 186 g/mol. The molecule has 3 atom stereocenters. The van der Waals surface area contributed by atoms with Crippen LogP contribution in [0.2, 0.25) is 0 Å². The van der Waals surface area contributed by atoms with Gasteiger partial charge in [-0.2, -0.15) is 0 Å². The molecule has 1 aliphatic heterocycles. The lowest BCUT2D eigenvalue weighted by Gasteiger charge is -2.33. The highest BCUT2D eigenvalue weighted by molar-refractivity contribution is 4.83. The molecule has 1 rings (SSSR count). The van der Waals surface area contributed by atoms with Crippen LogP contribution in [0.25, 0.3) is 0 Å². The molecule has 15 heavy (non-hydrogen) atoms. The first-order chi connectivity index (χ1) is 7.03. The van der Waals surface area contributed by atoms with Crippen molar-refractivity contribution in [3.63, 3.8) is 0 Å². The van der Waals surface area contributed by atoms with Crippen molar-refractivity contribution in [1.82, 2.24) is 5.32 Å². The minimum atomic E-state index is -0.482. The van der Waals surface area contributed by atoms with Crippen molar-refractivity contribution in [2.24, 2.45) is 5.92 Å². The van der Waals surface area contributed by atoms with Crippen LogP contribution in [0.4, 0.5) is 0 Å². The third kappa shape index (κ3) is 4.98. The minimum Gasteiger partial charge on any atom is -0.390 e. The molecule has 1 aliphatic rings. The van der Waals surface area contributed by atoms with E-state index in [1.807, 2.05) is 6.92 Å². The fourth-order valence-electron chi connectivity index (χ4n) is 2.61. The zero-order chi connectivity index (χ0) is 11.3. The fourth-order valence-corrected chi connectivity index (χ4v) is 2.61. The summed E-state index contributed by atoms with van der Waals surface area (Å²) in [6, 6.07) is 0.540. The highest BCUT2D eigenvalue weighted by Gasteiger charge is 2.27. The van der Waals surface area contributed by atoms with Gasteiger partial charge in [0.15, 0.2) is 0 Å². The van der Waals surface area contributed by atoms with Crippen molar-refractivity contribution in [2.75, 3.05) is 6.54 Å².